The van der Waals surface area contributed by atoms with Crippen molar-refractivity contribution in [3.63, 3.8) is 0 Å². The van der Waals surface area contributed by atoms with E-state index in [-0.39, 0.29) is 18.8 Å². The van der Waals surface area contributed by atoms with Gasteiger partial charge in [-0.15, -0.1) is 0 Å². The first-order valence-corrected chi connectivity index (χ1v) is 5.08. The summed E-state index contributed by atoms with van der Waals surface area (Å²) in [6, 6.07) is 7.23. The molecule has 1 aliphatic rings. The van der Waals surface area contributed by atoms with E-state index in [9.17, 15) is 8.78 Å². The zero-order chi connectivity index (χ0) is 10.2. The Morgan fingerprint density at radius 2 is 2.14 bits per heavy atom. The zero-order valence-electron chi connectivity index (χ0n) is 7.64. The van der Waals surface area contributed by atoms with Crippen LogP contribution in [-0.2, 0) is 0 Å². The quantitative estimate of drug-likeness (QED) is 0.659. The molecule has 0 heterocycles. The van der Waals surface area contributed by atoms with Crippen molar-refractivity contribution in [2.75, 3.05) is 0 Å². The van der Waals surface area contributed by atoms with E-state index in [1.807, 2.05) is 12.1 Å². The number of halogens is 3. The van der Waals surface area contributed by atoms with Crippen LogP contribution in [0.1, 0.15) is 30.7 Å². The molecular weight excluding hydrogens is 206 g/mol. The topological polar surface area (TPSA) is 0 Å². The van der Waals surface area contributed by atoms with Crippen LogP contribution >= 0.6 is 11.6 Å². The van der Waals surface area contributed by atoms with E-state index in [2.05, 4.69) is 0 Å². The lowest BCUT2D eigenvalue weighted by Gasteiger charge is -2.10. The maximum Gasteiger partial charge on any atom is 0.248 e. The van der Waals surface area contributed by atoms with Gasteiger partial charge in [0.1, 0.15) is 0 Å². The van der Waals surface area contributed by atoms with E-state index in [0.29, 0.717) is 11.4 Å². The molecule has 0 bridgehead atoms. The van der Waals surface area contributed by atoms with Crippen molar-refractivity contribution < 1.29 is 8.78 Å². The van der Waals surface area contributed by atoms with Crippen LogP contribution < -0.4 is 0 Å². The first-order valence-electron chi connectivity index (χ1n) is 4.70. The molecule has 3 heteroatoms. The molecule has 0 N–H and O–H groups in total. The van der Waals surface area contributed by atoms with Gasteiger partial charge < -0.3 is 0 Å². The Labute approximate surface area is 86.9 Å². The SMILES string of the molecule is FC1(F)CCC(c2cccc(Cl)c2)C1. The Balaban J connectivity index is 2.17. The van der Waals surface area contributed by atoms with Gasteiger partial charge in [-0.2, -0.15) is 0 Å². The third kappa shape index (κ3) is 2.06. The number of rotatable bonds is 1. The summed E-state index contributed by atoms with van der Waals surface area (Å²) in [5, 5.41) is 0.623. The van der Waals surface area contributed by atoms with E-state index < -0.39 is 5.92 Å². The minimum atomic E-state index is -2.48. The van der Waals surface area contributed by atoms with Crippen molar-refractivity contribution in [2.24, 2.45) is 0 Å². The normalized spacial score (nSPS) is 25.2. The van der Waals surface area contributed by atoms with Gasteiger partial charge in [0.2, 0.25) is 5.92 Å². The first kappa shape index (κ1) is 9.91. The average molecular weight is 217 g/mol. The molecule has 76 valence electrons. The monoisotopic (exact) mass is 216 g/mol. The van der Waals surface area contributed by atoms with Gasteiger partial charge in [-0.1, -0.05) is 23.7 Å². The van der Waals surface area contributed by atoms with Crippen LogP contribution in [0.15, 0.2) is 24.3 Å². The molecule has 1 atom stereocenters. The lowest BCUT2D eigenvalue weighted by molar-refractivity contribution is 0.00777. The Bertz CT molecular complexity index is 336. The third-order valence-corrected chi connectivity index (χ3v) is 2.96. The molecule has 1 fully saturated rings. The van der Waals surface area contributed by atoms with Crippen molar-refractivity contribution in [3.8, 4) is 0 Å². The van der Waals surface area contributed by atoms with Crippen LogP contribution in [0.25, 0.3) is 0 Å². The number of hydrogen-bond acceptors (Lipinski definition) is 0. The van der Waals surface area contributed by atoms with Crippen molar-refractivity contribution >= 4 is 11.6 Å². The van der Waals surface area contributed by atoms with Crippen LogP contribution in [0.4, 0.5) is 8.78 Å². The molecule has 0 aromatic heterocycles. The highest BCUT2D eigenvalue weighted by Crippen LogP contribution is 2.44. The fourth-order valence-corrected chi connectivity index (χ4v) is 2.19. The highest BCUT2D eigenvalue weighted by atomic mass is 35.5. The van der Waals surface area contributed by atoms with Gasteiger partial charge in [-0.05, 0) is 30.0 Å². The average Bonchev–Trinajstić information content (AvgIpc) is 2.46. The van der Waals surface area contributed by atoms with Gasteiger partial charge in [0.25, 0.3) is 0 Å². The summed E-state index contributed by atoms with van der Waals surface area (Å²) < 4.78 is 25.9. The highest BCUT2D eigenvalue weighted by Gasteiger charge is 2.39. The minimum Gasteiger partial charge on any atom is -0.207 e. The van der Waals surface area contributed by atoms with Gasteiger partial charge in [0.05, 0.1) is 0 Å². The Morgan fingerprint density at radius 1 is 1.36 bits per heavy atom. The van der Waals surface area contributed by atoms with Crippen molar-refractivity contribution in [3.05, 3.63) is 34.9 Å². The van der Waals surface area contributed by atoms with Crippen molar-refractivity contribution in [1.82, 2.24) is 0 Å². The summed E-state index contributed by atoms with van der Waals surface area (Å²) in [6.07, 6.45) is 0.533. The zero-order valence-corrected chi connectivity index (χ0v) is 8.40. The third-order valence-electron chi connectivity index (χ3n) is 2.72. The molecule has 1 unspecified atom stereocenters. The van der Waals surface area contributed by atoms with E-state index >= 15 is 0 Å². The molecule has 14 heavy (non-hydrogen) atoms. The van der Waals surface area contributed by atoms with E-state index in [0.717, 1.165) is 5.56 Å². The number of benzene rings is 1. The molecule has 2 rings (SSSR count). The first-order chi connectivity index (χ1) is 6.57. The molecule has 0 radical (unpaired) electrons. The van der Waals surface area contributed by atoms with Gasteiger partial charge in [-0.3, -0.25) is 0 Å². The summed E-state index contributed by atoms with van der Waals surface area (Å²) in [4.78, 5) is 0. The standard InChI is InChI=1S/C11H11ClF2/c12-10-3-1-2-8(6-10)9-4-5-11(13,14)7-9/h1-3,6,9H,4-5,7H2. The Hall–Kier alpha value is -0.630. The molecular formula is C11H11ClF2. The second-order valence-corrected chi connectivity index (χ2v) is 4.29. The molecule has 1 aromatic carbocycles. The molecule has 0 saturated heterocycles. The van der Waals surface area contributed by atoms with Crippen LogP contribution in [-0.4, -0.2) is 5.92 Å². The van der Waals surface area contributed by atoms with Crippen LogP contribution in [0.2, 0.25) is 5.02 Å². The van der Waals surface area contributed by atoms with E-state index in [4.69, 9.17) is 11.6 Å². The summed E-state index contributed by atoms with van der Waals surface area (Å²) in [6.45, 7) is 0. The largest absolute Gasteiger partial charge is 0.248 e. The molecule has 1 aliphatic carbocycles. The maximum absolute atomic E-state index is 12.9. The van der Waals surface area contributed by atoms with Gasteiger partial charge >= 0.3 is 0 Å². The number of alkyl halides is 2. The van der Waals surface area contributed by atoms with Crippen molar-refractivity contribution in [1.29, 1.82) is 0 Å². The second kappa shape index (κ2) is 3.50. The Kier molecular flexibility index (Phi) is 2.48. The summed E-state index contributed by atoms with van der Waals surface area (Å²) in [7, 11) is 0. The molecule has 0 spiro atoms. The second-order valence-electron chi connectivity index (χ2n) is 3.85. The molecule has 0 aliphatic heterocycles. The molecule has 0 nitrogen and oxygen atoms in total. The number of hydrogen-bond donors (Lipinski definition) is 0. The van der Waals surface area contributed by atoms with E-state index in [1.165, 1.54) is 0 Å². The lowest BCUT2D eigenvalue weighted by atomic mass is 9.98. The fourth-order valence-electron chi connectivity index (χ4n) is 2.00. The lowest BCUT2D eigenvalue weighted by Crippen LogP contribution is -2.09. The summed E-state index contributed by atoms with van der Waals surface area (Å²) >= 11 is 5.81. The van der Waals surface area contributed by atoms with Crippen LogP contribution in [0.3, 0.4) is 0 Å². The molecule has 0 amide bonds. The van der Waals surface area contributed by atoms with Gasteiger partial charge in [-0.25, -0.2) is 8.78 Å². The van der Waals surface area contributed by atoms with Gasteiger partial charge in [0, 0.05) is 17.9 Å². The van der Waals surface area contributed by atoms with E-state index in [1.54, 1.807) is 12.1 Å². The molecule has 1 saturated carbocycles. The highest BCUT2D eigenvalue weighted by molar-refractivity contribution is 6.30. The maximum atomic E-state index is 12.9. The summed E-state index contributed by atoms with van der Waals surface area (Å²) in [5.41, 5.74) is 0.940. The summed E-state index contributed by atoms with van der Waals surface area (Å²) in [5.74, 6) is -2.50. The predicted octanol–water partition coefficient (Wildman–Crippen LogP) is 4.24. The molecule has 1 aromatic rings. The van der Waals surface area contributed by atoms with Crippen LogP contribution in [0, 0.1) is 0 Å². The predicted molar refractivity (Wildman–Crippen MR) is 53.0 cm³/mol. The van der Waals surface area contributed by atoms with Gasteiger partial charge in [0.15, 0.2) is 0 Å². The smallest absolute Gasteiger partial charge is 0.207 e. The minimum absolute atomic E-state index is 0.00415. The fraction of sp³-hybridized carbons (Fsp3) is 0.455. The van der Waals surface area contributed by atoms with Crippen molar-refractivity contribution in [2.45, 2.75) is 31.1 Å². The Morgan fingerprint density at radius 3 is 2.71 bits per heavy atom. The van der Waals surface area contributed by atoms with Crippen LogP contribution in [0.5, 0.6) is 0 Å².